The summed E-state index contributed by atoms with van der Waals surface area (Å²) in [4.78, 5) is 0. The van der Waals surface area contributed by atoms with Gasteiger partial charge >= 0.3 is 0 Å². The highest BCUT2D eigenvalue weighted by Crippen LogP contribution is 2.35. The van der Waals surface area contributed by atoms with Crippen LogP contribution in [0.25, 0.3) is 39.5 Å². The predicted octanol–water partition coefficient (Wildman–Crippen LogP) is 10.4. The van der Waals surface area contributed by atoms with Gasteiger partial charge in [0, 0.05) is 16.9 Å². The molecule has 50 heavy (non-hydrogen) atoms. The molecule has 7 aromatic rings. The summed E-state index contributed by atoms with van der Waals surface area (Å²) in [6, 6.07) is 65.9. The lowest BCUT2D eigenvalue weighted by atomic mass is 9.96. The van der Waals surface area contributed by atoms with Gasteiger partial charge in [0.05, 0.1) is 0 Å². The van der Waals surface area contributed by atoms with Crippen LogP contribution >= 0.6 is 0 Å². The van der Waals surface area contributed by atoms with E-state index in [4.69, 9.17) is 0 Å². The minimum atomic E-state index is -1.64. The van der Waals surface area contributed by atoms with E-state index in [2.05, 4.69) is 200 Å². The first-order valence-corrected chi connectivity index (χ1v) is 18.8. The van der Waals surface area contributed by atoms with Gasteiger partial charge in [-0.25, -0.2) is 0 Å². The number of anilines is 2. The van der Waals surface area contributed by atoms with Crippen molar-refractivity contribution in [3.05, 3.63) is 218 Å². The van der Waals surface area contributed by atoms with Crippen molar-refractivity contribution in [3.63, 3.8) is 0 Å². The molecule has 0 atom stereocenters. The molecule has 0 radical (unpaired) electrons. The van der Waals surface area contributed by atoms with E-state index in [0.29, 0.717) is 0 Å². The molecule has 7 rings (SSSR count). The van der Waals surface area contributed by atoms with E-state index in [-0.39, 0.29) is 0 Å². The van der Waals surface area contributed by atoms with Gasteiger partial charge in [-0.3, -0.25) is 0 Å². The minimum absolute atomic E-state index is 1.05. The topological polar surface area (TPSA) is 12.0 Å². The van der Waals surface area contributed by atoms with Gasteiger partial charge in [0.15, 0.2) is 0 Å². The number of allylic oxidation sites excluding steroid dienone is 4. The normalized spacial score (nSPS) is 11.3. The summed E-state index contributed by atoms with van der Waals surface area (Å²) in [5.41, 5.74) is 10.3. The minimum Gasteiger partial charge on any atom is -0.355 e. The zero-order chi connectivity index (χ0) is 34.0. The molecule has 7 aromatic carbocycles. The lowest BCUT2D eigenvalue weighted by Gasteiger charge is -2.19. The second-order valence-electron chi connectivity index (χ2n) is 12.3. The highest BCUT2D eigenvalue weighted by Gasteiger charge is 2.19. The summed E-state index contributed by atoms with van der Waals surface area (Å²) in [7, 11) is -1.64. The van der Waals surface area contributed by atoms with E-state index in [1.807, 2.05) is 18.2 Å². The summed E-state index contributed by atoms with van der Waals surface area (Å²) in [6.45, 7) is 3.76. The third kappa shape index (κ3) is 7.73. The maximum Gasteiger partial charge on any atom is 0.132 e. The molecular formula is C48H39NSi. The Hall–Kier alpha value is -6.22. The number of rotatable bonds is 11. The van der Waals surface area contributed by atoms with Crippen molar-refractivity contribution >= 4 is 41.8 Å². The molecule has 240 valence electrons. The van der Waals surface area contributed by atoms with Crippen LogP contribution in [0.4, 0.5) is 11.4 Å². The Bertz CT molecular complexity index is 2200. The van der Waals surface area contributed by atoms with Crippen LogP contribution in [-0.4, -0.2) is 8.80 Å². The standard InChI is InChI=1S/C48H39NSi/c1-2-3-4-8-17-37-18-15-21-40(34-37)42-30-33-48(49-43-23-16-22-41(35-43)38-19-9-5-10-20-38)47(36-42)39-28-31-46(32-29-39)50(44-24-11-6-12-25-44)45-26-13-7-14-27-45/h2-36,49-50H,1H2/b4-3-,17-8+. The van der Waals surface area contributed by atoms with Crippen LogP contribution in [0.3, 0.4) is 0 Å². The van der Waals surface area contributed by atoms with Gasteiger partial charge in [-0.05, 0) is 63.7 Å². The number of hydrogen-bond acceptors (Lipinski definition) is 1. The fraction of sp³-hybridized carbons (Fsp3) is 0. The fourth-order valence-corrected chi connectivity index (χ4v) is 9.44. The Morgan fingerprint density at radius 3 is 1.66 bits per heavy atom. The van der Waals surface area contributed by atoms with Crippen LogP contribution < -0.4 is 20.9 Å². The monoisotopic (exact) mass is 657 g/mol. The lowest BCUT2D eigenvalue weighted by molar-refractivity contribution is 1.52. The average Bonchev–Trinajstić information content (AvgIpc) is 3.19. The van der Waals surface area contributed by atoms with Crippen LogP contribution in [0.2, 0.25) is 0 Å². The lowest BCUT2D eigenvalue weighted by Crippen LogP contribution is -2.51. The van der Waals surface area contributed by atoms with Crippen molar-refractivity contribution in [2.75, 3.05) is 5.32 Å². The molecule has 2 heteroatoms. The van der Waals surface area contributed by atoms with Gasteiger partial charge in [0.25, 0.3) is 0 Å². The molecule has 0 heterocycles. The van der Waals surface area contributed by atoms with Crippen molar-refractivity contribution in [1.82, 2.24) is 0 Å². The van der Waals surface area contributed by atoms with E-state index >= 15 is 0 Å². The zero-order valence-electron chi connectivity index (χ0n) is 28.0. The summed E-state index contributed by atoms with van der Waals surface area (Å²) < 4.78 is 0. The van der Waals surface area contributed by atoms with Crippen molar-refractivity contribution in [1.29, 1.82) is 0 Å². The van der Waals surface area contributed by atoms with Crippen molar-refractivity contribution in [3.8, 4) is 33.4 Å². The van der Waals surface area contributed by atoms with Crippen LogP contribution in [0.5, 0.6) is 0 Å². The Morgan fingerprint density at radius 2 is 0.980 bits per heavy atom. The Labute approximate surface area is 297 Å². The van der Waals surface area contributed by atoms with Gasteiger partial charge in [-0.1, -0.05) is 204 Å². The number of benzene rings is 7. The number of hydrogen-bond donors (Lipinski definition) is 1. The van der Waals surface area contributed by atoms with Crippen LogP contribution in [0.1, 0.15) is 5.56 Å². The molecule has 0 aromatic heterocycles. The molecule has 0 bridgehead atoms. The van der Waals surface area contributed by atoms with Crippen molar-refractivity contribution in [2.45, 2.75) is 0 Å². The average molecular weight is 658 g/mol. The second-order valence-corrected chi connectivity index (χ2v) is 15.2. The maximum absolute atomic E-state index is 3.78. The van der Waals surface area contributed by atoms with E-state index in [0.717, 1.165) is 22.5 Å². The van der Waals surface area contributed by atoms with E-state index in [9.17, 15) is 0 Å². The largest absolute Gasteiger partial charge is 0.355 e. The molecule has 1 nitrogen and oxygen atoms in total. The van der Waals surface area contributed by atoms with E-state index < -0.39 is 8.80 Å². The summed E-state index contributed by atoms with van der Waals surface area (Å²) in [6.07, 6.45) is 9.89. The number of nitrogens with one attached hydrogen (secondary N) is 1. The van der Waals surface area contributed by atoms with Gasteiger partial charge in [0.2, 0.25) is 0 Å². The summed E-state index contributed by atoms with van der Waals surface area (Å²) >= 11 is 0. The van der Waals surface area contributed by atoms with E-state index in [1.54, 1.807) is 6.08 Å². The van der Waals surface area contributed by atoms with Crippen LogP contribution in [-0.2, 0) is 0 Å². The first-order valence-electron chi connectivity index (χ1n) is 17.1. The molecule has 0 spiro atoms. The Balaban J connectivity index is 1.28. The van der Waals surface area contributed by atoms with Crippen LogP contribution in [0, 0.1) is 0 Å². The van der Waals surface area contributed by atoms with Crippen molar-refractivity contribution < 1.29 is 0 Å². The first-order chi connectivity index (χ1) is 24.7. The molecule has 0 unspecified atom stereocenters. The Morgan fingerprint density at radius 1 is 0.420 bits per heavy atom. The maximum atomic E-state index is 3.78. The molecule has 0 saturated heterocycles. The quantitative estimate of drug-likeness (QED) is 0.0829. The van der Waals surface area contributed by atoms with Gasteiger partial charge < -0.3 is 5.32 Å². The zero-order valence-corrected chi connectivity index (χ0v) is 29.1. The molecule has 0 aliphatic carbocycles. The molecule has 0 aliphatic heterocycles. The van der Waals surface area contributed by atoms with Crippen molar-refractivity contribution in [2.24, 2.45) is 0 Å². The molecule has 0 amide bonds. The SMILES string of the molecule is C=C/C=C\C=C\c1cccc(-c2ccc(Nc3cccc(-c4ccccc4)c3)c(-c3ccc([SiH](c4ccccc4)c4ccccc4)cc3)c2)c1. The van der Waals surface area contributed by atoms with Gasteiger partial charge in [-0.15, -0.1) is 0 Å². The summed E-state index contributed by atoms with van der Waals surface area (Å²) in [5, 5.41) is 8.02. The van der Waals surface area contributed by atoms with Gasteiger partial charge in [-0.2, -0.15) is 0 Å². The molecule has 0 fully saturated rings. The second kappa shape index (κ2) is 15.8. The molecule has 1 N–H and O–H groups in total. The molecular weight excluding hydrogens is 619 g/mol. The van der Waals surface area contributed by atoms with E-state index in [1.165, 1.54) is 43.4 Å². The molecule has 0 aliphatic rings. The highest BCUT2D eigenvalue weighted by molar-refractivity contribution is 6.95. The van der Waals surface area contributed by atoms with Gasteiger partial charge in [0.1, 0.15) is 8.80 Å². The third-order valence-electron chi connectivity index (χ3n) is 8.96. The third-order valence-corrected chi connectivity index (χ3v) is 12.1. The Kier molecular flexibility index (Phi) is 10.2. The van der Waals surface area contributed by atoms with Crippen LogP contribution in [0.15, 0.2) is 213 Å². The fourth-order valence-electron chi connectivity index (χ4n) is 6.49. The highest BCUT2D eigenvalue weighted by atomic mass is 28.3. The first kappa shape index (κ1) is 32.3. The summed E-state index contributed by atoms with van der Waals surface area (Å²) in [5.74, 6) is 0. The predicted molar refractivity (Wildman–Crippen MR) is 220 cm³/mol. The smallest absolute Gasteiger partial charge is 0.132 e. The molecule has 0 saturated carbocycles.